The first-order valence-corrected chi connectivity index (χ1v) is 8.32. The van der Waals surface area contributed by atoms with E-state index < -0.39 is 23.8 Å². The summed E-state index contributed by atoms with van der Waals surface area (Å²) in [5.74, 6) is -2.66. The topological polar surface area (TPSA) is 61.4 Å². The Balaban J connectivity index is 1.38. The summed E-state index contributed by atoms with van der Waals surface area (Å²) in [6, 6.07) is -0.213. The van der Waals surface area contributed by atoms with Gasteiger partial charge in [0.05, 0.1) is 5.92 Å². The number of nitrogens with one attached hydrogen (secondary N) is 1. The molecule has 2 heterocycles. The van der Waals surface area contributed by atoms with Gasteiger partial charge in [0, 0.05) is 44.6 Å². The van der Waals surface area contributed by atoms with Crippen molar-refractivity contribution in [2.24, 2.45) is 17.8 Å². The van der Waals surface area contributed by atoms with Gasteiger partial charge < -0.3 is 15.1 Å². The zero-order valence-corrected chi connectivity index (χ0v) is 13.7. The summed E-state index contributed by atoms with van der Waals surface area (Å²) in [4.78, 5) is 23.4. The van der Waals surface area contributed by atoms with Crippen LogP contribution in [0.15, 0.2) is 24.8 Å². The Morgan fingerprint density at radius 2 is 1.77 bits per heavy atom. The molecule has 26 heavy (non-hydrogen) atoms. The van der Waals surface area contributed by atoms with Gasteiger partial charge >= 0.3 is 6.18 Å². The van der Waals surface area contributed by atoms with E-state index in [-0.39, 0.29) is 17.9 Å². The van der Waals surface area contributed by atoms with Gasteiger partial charge in [0.25, 0.3) is 5.91 Å². The summed E-state index contributed by atoms with van der Waals surface area (Å²) < 4.78 is 50.9. The Hall–Kier alpha value is -2.39. The molecule has 2 atom stereocenters. The highest BCUT2D eigenvalue weighted by Crippen LogP contribution is 2.73. The largest absolute Gasteiger partial charge is 0.392 e. The molecule has 1 aliphatic heterocycles. The maximum atomic E-state index is 13.0. The highest BCUT2D eigenvalue weighted by Gasteiger charge is 2.81. The zero-order chi connectivity index (χ0) is 18.6. The molecule has 0 radical (unpaired) electrons. The molecule has 1 aromatic rings. The maximum Gasteiger partial charge on any atom is 0.392 e. The Kier molecular flexibility index (Phi) is 3.81. The fraction of sp³-hybridized carbons (Fsp3) is 0.562. The molecule has 3 aliphatic rings. The van der Waals surface area contributed by atoms with Gasteiger partial charge in [-0.3, -0.25) is 4.79 Å². The highest BCUT2D eigenvalue weighted by atomic mass is 19.4. The van der Waals surface area contributed by atoms with Crippen molar-refractivity contribution in [1.29, 1.82) is 0 Å². The average molecular weight is 371 g/mol. The van der Waals surface area contributed by atoms with Crippen LogP contribution >= 0.6 is 0 Å². The van der Waals surface area contributed by atoms with E-state index in [1.54, 1.807) is 0 Å². The molecule has 1 N–H and O–H groups in total. The van der Waals surface area contributed by atoms with Crippen molar-refractivity contribution in [1.82, 2.24) is 14.9 Å². The van der Waals surface area contributed by atoms with Crippen molar-refractivity contribution in [3.8, 4) is 0 Å². The number of rotatable bonds is 4. The van der Waals surface area contributed by atoms with Gasteiger partial charge in [0.1, 0.15) is 0 Å². The lowest BCUT2D eigenvalue weighted by atomic mass is 10.1. The molecule has 6 nitrogen and oxygen atoms in total. The molecule has 1 saturated heterocycles. The molecule has 1 amide bonds. The number of halogens is 4. The summed E-state index contributed by atoms with van der Waals surface area (Å²) in [6.45, 7) is 4.48. The average Bonchev–Trinajstić information content (AvgIpc) is 3.49. The predicted octanol–water partition coefficient (Wildman–Crippen LogP) is 1.83. The lowest BCUT2D eigenvalue weighted by Crippen LogP contribution is -2.49. The fourth-order valence-electron chi connectivity index (χ4n) is 3.76. The van der Waals surface area contributed by atoms with Crippen molar-refractivity contribution in [3.05, 3.63) is 24.8 Å². The number of alkyl halides is 3. The van der Waals surface area contributed by atoms with Crippen molar-refractivity contribution in [2.45, 2.75) is 12.2 Å². The monoisotopic (exact) mass is 371 g/mol. The number of aromatic nitrogens is 2. The molecule has 1 aromatic heterocycles. The Labute approximate surface area is 146 Å². The number of nitrogens with zero attached hydrogens (tertiary/aromatic N) is 4. The van der Waals surface area contributed by atoms with E-state index in [0.29, 0.717) is 37.8 Å². The first-order valence-electron chi connectivity index (χ1n) is 8.32. The molecule has 140 valence electrons. The number of hydrogen-bond donors (Lipinski definition) is 1. The van der Waals surface area contributed by atoms with Crippen LogP contribution < -0.4 is 10.2 Å². The van der Waals surface area contributed by atoms with Crippen molar-refractivity contribution in [3.63, 3.8) is 0 Å². The second kappa shape index (κ2) is 5.82. The van der Waals surface area contributed by atoms with E-state index in [4.69, 9.17) is 0 Å². The van der Waals surface area contributed by atoms with E-state index in [2.05, 4.69) is 21.9 Å². The molecule has 10 heteroatoms. The van der Waals surface area contributed by atoms with Gasteiger partial charge in [-0.1, -0.05) is 6.58 Å². The summed E-state index contributed by atoms with van der Waals surface area (Å²) in [7, 11) is 0. The molecule has 3 fully saturated rings. The number of amides is 1. The Morgan fingerprint density at radius 3 is 2.35 bits per heavy atom. The summed E-state index contributed by atoms with van der Waals surface area (Å²) in [5.41, 5.74) is 0. The number of fused-ring (bicyclic) bond motifs is 1. The lowest BCUT2D eigenvalue weighted by Gasteiger charge is -2.35. The van der Waals surface area contributed by atoms with Crippen molar-refractivity contribution in [2.75, 3.05) is 36.4 Å². The lowest BCUT2D eigenvalue weighted by molar-refractivity contribution is -0.160. The smallest absolute Gasteiger partial charge is 0.364 e. The van der Waals surface area contributed by atoms with E-state index in [0.717, 1.165) is 0 Å². The van der Waals surface area contributed by atoms with Crippen LogP contribution in [0.2, 0.25) is 0 Å². The molecule has 0 spiro atoms. The van der Waals surface area contributed by atoms with Crippen LogP contribution in [0.1, 0.15) is 0 Å². The number of hydrogen-bond acceptors (Lipinski definition) is 5. The number of anilines is 2. The standard InChI is InChI=1S/C16H17F4N5O/c1-8(17)15(26)25-6-4-24(5-7-25)14-13(21-2-3-22-14)23-12-9-10(12)11(9)16(18,19)20/h2-3,9-12H,1,4-7H2,(H,21,23). The minimum absolute atomic E-state index is 0.213. The first kappa shape index (κ1) is 17.0. The Morgan fingerprint density at radius 1 is 1.15 bits per heavy atom. The van der Waals surface area contributed by atoms with E-state index in [9.17, 15) is 22.4 Å². The third kappa shape index (κ3) is 2.86. The molecule has 0 aromatic carbocycles. The normalized spacial score (nSPS) is 29.8. The van der Waals surface area contributed by atoms with Crippen LogP contribution in [0.25, 0.3) is 0 Å². The van der Waals surface area contributed by atoms with Crippen molar-refractivity contribution < 1.29 is 22.4 Å². The second-order valence-corrected chi connectivity index (χ2v) is 6.80. The van der Waals surface area contributed by atoms with Gasteiger partial charge in [-0.25, -0.2) is 14.4 Å². The molecule has 2 unspecified atom stereocenters. The minimum atomic E-state index is -4.12. The minimum Gasteiger partial charge on any atom is -0.364 e. The van der Waals surface area contributed by atoms with Crippen LogP contribution in [0.3, 0.4) is 0 Å². The molecular weight excluding hydrogens is 354 g/mol. The second-order valence-electron chi connectivity index (χ2n) is 6.80. The third-order valence-electron chi connectivity index (χ3n) is 5.28. The molecular formula is C16H17F4N5O. The fourth-order valence-corrected chi connectivity index (χ4v) is 3.76. The third-order valence-corrected chi connectivity index (χ3v) is 5.28. The van der Waals surface area contributed by atoms with E-state index >= 15 is 0 Å². The Bertz CT molecular complexity index is 736. The molecule has 2 saturated carbocycles. The van der Waals surface area contributed by atoms with Gasteiger partial charge in [-0.15, -0.1) is 0 Å². The van der Waals surface area contributed by atoms with E-state index in [1.165, 1.54) is 17.3 Å². The van der Waals surface area contributed by atoms with Crippen molar-refractivity contribution >= 4 is 17.5 Å². The zero-order valence-electron chi connectivity index (χ0n) is 13.7. The van der Waals surface area contributed by atoms with Gasteiger partial charge in [-0.05, 0) is 11.8 Å². The SMILES string of the molecule is C=C(F)C(=O)N1CCN(c2nccnc2NC2C3C2C3C(F)(F)F)CC1. The maximum absolute atomic E-state index is 13.0. The van der Waals surface area contributed by atoms with Gasteiger partial charge in [0.15, 0.2) is 17.5 Å². The van der Waals surface area contributed by atoms with Crippen LogP contribution in [0, 0.1) is 17.8 Å². The quantitative estimate of drug-likeness (QED) is 0.646. The van der Waals surface area contributed by atoms with Crippen LogP contribution in [0.4, 0.5) is 29.2 Å². The van der Waals surface area contributed by atoms with Crippen LogP contribution in [-0.2, 0) is 4.79 Å². The number of piperazine rings is 1. The van der Waals surface area contributed by atoms with Crippen LogP contribution in [0.5, 0.6) is 0 Å². The number of carbonyl (C=O) groups is 1. The number of carbonyl (C=O) groups excluding carboxylic acids is 1. The highest BCUT2D eigenvalue weighted by molar-refractivity contribution is 5.90. The molecule has 0 bridgehead atoms. The van der Waals surface area contributed by atoms with E-state index in [1.807, 2.05) is 4.90 Å². The molecule has 2 aliphatic carbocycles. The first-order chi connectivity index (χ1) is 12.3. The van der Waals surface area contributed by atoms with Crippen LogP contribution in [-0.4, -0.2) is 59.2 Å². The predicted molar refractivity (Wildman–Crippen MR) is 85.0 cm³/mol. The van der Waals surface area contributed by atoms with Gasteiger partial charge in [-0.2, -0.15) is 13.2 Å². The summed E-state index contributed by atoms with van der Waals surface area (Å²) in [5, 5.41) is 3.07. The van der Waals surface area contributed by atoms with Gasteiger partial charge in [0.2, 0.25) is 0 Å². The summed E-state index contributed by atoms with van der Waals surface area (Å²) >= 11 is 0. The molecule has 4 rings (SSSR count). The summed E-state index contributed by atoms with van der Waals surface area (Å²) in [6.07, 6.45) is -1.14.